The van der Waals surface area contributed by atoms with Crippen LogP contribution in [0.2, 0.25) is 0 Å². The zero-order valence-electron chi connectivity index (χ0n) is 40.8. The highest BCUT2D eigenvalue weighted by atomic mass is 32.2. The molecular weight excluding hydrogens is 1010 g/mol. The molecule has 0 amide bonds. The van der Waals surface area contributed by atoms with Crippen molar-refractivity contribution in [1.82, 2.24) is 0 Å². The number of nitrogens with zero attached hydrogens (tertiary/aromatic N) is 2. The molecule has 0 bridgehead atoms. The van der Waals surface area contributed by atoms with E-state index in [0.717, 1.165) is 27.6 Å². The standard InChI is InChI=1S/C31H25NO5.C24H19NO5.CHF3O3S.CH4/c1-19-15-22(30(34)36-18-21-9-5-4-6-10-21)16-20(2)29(19)37-31(35)28-24-11-7-8-12-26(24)32(3)27-14-13-23(33)17-25(27)28;1-13-10-15(23(27)28)11-14(2)22(13)30-24(29)21-17-6-4-5-7-19(17)25(3)20-9-8-16(26)12-18(20)21;2-1(3,4)8(5,6)7;/h4-17H,18H2,1-3H3;4-12H,1-3H3,(H-,26,27,28,29);(H,5,6,7);1H4/p+1. The fourth-order valence-corrected chi connectivity index (χ4v) is 8.54. The van der Waals surface area contributed by atoms with Crippen LogP contribution < -0.4 is 18.6 Å². The van der Waals surface area contributed by atoms with Crippen molar-refractivity contribution < 1.29 is 84.0 Å². The molecule has 0 saturated heterocycles. The van der Waals surface area contributed by atoms with Crippen molar-refractivity contribution in [2.75, 3.05) is 0 Å². The van der Waals surface area contributed by atoms with Crippen LogP contribution in [0.1, 0.15) is 76.7 Å². The maximum absolute atomic E-state index is 13.6. The van der Waals surface area contributed by atoms with Crippen LogP contribution in [0, 0.1) is 27.7 Å². The van der Waals surface area contributed by atoms with E-state index in [2.05, 4.69) is 0 Å². The SMILES string of the molecule is C.Cc1cc(C(=O)O)cc(C)c1OC(=O)c1c2ccccc2[n+](C)c2ccc(O)cc12.Cc1cc(C(=O)OCc2ccccc2)cc(C)c1OC(=O)c1c2ccccc2[n+](C)c2ccc(O)cc12.O=S(=O)([O-])C(F)(F)F. The van der Waals surface area contributed by atoms with Crippen LogP contribution in [0.5, 0.6) is 23.0 Å². The number of phenolic OH excluding ortho intramolecular Hbond substituents is 2. The minimum Gasteiger partial charge on any atom is -0.741 e. The first kappa shape index (κ1) is 56.4. The molecule has 9 rings (SSSR count). The summed E-state index contributed by atoms with van der Waals surface area (Å²) >= 11 is 0. The van der Waals surface area contributed by atoms with Crippen molar-refractivity contribution in [3.63, 3.8) is 0 Å². The second-order valence-corrected chi connectivity index (χ2v) is 18.6. The molecule has 2 aromatic heterocycles. The second kappa shape index (κ2) is 22.7. The number of ether oxygens (including phenoxy) is 3. The van der Waals surface area contributed by atoms with E-state index < -0.39 is 39.5 Å². The van der Waals surface area contributed by atoms with Crippen molar-refractivity contribution in [3.05, 3.63) is 190 Å². The number of phenols is 2. The highest BCUT2D eigenvalue weighted by Crippen LogP contribution is 2.34. The molecule has 0 unspecified atom stereocenters. The molecule has 19 heteroatoms. The number of pyridine rings is 2. The average Bonchev–Trinajstić information content (AvgIpc) is 3.36. The predicted molar refractivity (Wildman–Crippen MR) is 275 cm³/mol. The molecule has 0 aliphatic carbocycles. The molecule has 0 saturated carbocycles. The molecule has 2 heterocycles. The van der Waals surface area contributed by atoms with Crippen LogP contribution in [0.15, 0.2) is 140 Å². The van der Waals surface area contributed by atoms with E-state index in [-0.39, 0.29) is 31.1 Å². The maximum Gasteiger partial charge on any atom is 0.485 e. The van der Waals surface area contributed by atoms with Crippen molar-refractivity contribution >= 4 is 77.6 Å². The maximum atomic E-state index is 13.6. The molecule has 0 aliphatic rings. The minimum absolute atomic E-state index is 0. The fraction of sp³-hybridized carbons (Fsp3) is 0.158. The topological polar surface area (TPSA) is 222 Å². The number of hydrogen-bond acceptors (Lipinski definition) is 12. The molecule has 7 aromatic carbocycles. The van der Waals surface area contributed by atoms with Gasteiger partial charge in [0, 0.05) is 24.3 Å². The Hall–Kier alpha value is -8.94. The van der Waals surface area contributed by atoms with Gasteiger partial charge in [0.05, 0.1) is 43.8 Å². The molecule has 3 N–H and O–H groups in total. The normalized spacial score (nSPS) is 11.2. The summed E-state index contributed by atoms with van der Waals surface area (Å²) in [6, 6.07) is 40.6. The van der Waals surface area contributed by atoms with Crippen molar-refractivity contribution in [2.24, 2.45) is 14.1 Å². The number of carbonyl (C=O) groups is 4. The van der Waals surface area contributed by atoms with Gasteiger partial charge in [0.1, 0.15) is 43.7 Å². The third-order valence-corrected chi connectivity index (χ3v) is 12.6. The number of aromatic carboxylic acids is 1. The van der Waals surface area contributed by atoms with E-state index in [4.69, 9.17) is 27.2 Å². The zero-order chi connectivity index (χ0) is 54.7. The number of hydrogen-bond donors (Lipinski definition) is 3. The summed E-state index contributed by atoms with van der Waals surface area (Å²) in [6.07, 6.45) is 0. The number of carboxylic acids is 1. The highest BCUT2D eigenvalue weighted by Gasteiger charge is 2.37. The lowest BCUT2D eigenvalue weighted by atomic mass is 10.0. The van der Waals surface area contributed by atoms with Gasteiger partial charge in [0.25, 0.3) is 0 Å². The summed E-state index contributed by atoms with van der Waals surface area (Å²) < 4.78 is 80.0. The molecule has 0 atom stereocenters. The number of aromatic hydroxyl groups is 2. The number of para-hydroxylation sites is 2. The number of halogens is 3. The number of esters is 3. The van der Waals surface area contributed by atoms with E-state index in [0.29, 0.717) is 72.0 Å². The van der Waals surface area contributed by atoms with Gasteiger partial charge >= 0.3 is 29.4 Å². The molecule has 0 aliphatic heterocycles. The largest absolute Gasteiger partial charge is 0.741 e. The van der Waals surface area contributed by atoms with Crippen LogP contribution in [-0.4, -0.2) is 57.7 Å². The number of benzene rings is 7. The molecular formula is C57H50F3N2O13S+. The Morgan fingerprint density at radius 3 is 1.28 bits per heavy atom. The highest BCUT2D eigenvalue weighted by molar-refractivity contribution is 7.86. The van der Waals surface area contributed by atoms with Crippen LogP contribution in [-0.2, 0) is 35.6 Å². The lowest BCUT2D eigenvalue weighted by Crippen LogP contribution is -2.31. The molecule has 0 radical (unpaired) electrons. The monoisotopic (exact) mass is 1060 g/mol. The first-order valence-corrected chi connectivity index (χ1v) is 24.0. The Kier molecular flexibility index (Phi) is 16.8. The van der Waals surface area contributed by atoms with Crippen LogP contribution >= 0.6 is 0 Å². The Balaban J connectivity index is 0.000000217. The Morgan fingerprint density at radius 2 is 0.895 bits per heavy atom. The third kappa shape index (κ3) is 12.0. The molecule has 9 aromatic rings. The summed E-state index contributed by atoms with van der Waals surface area (Å²) in [5, 5.41) is 32.0. The number of rotatable bonds is 8. The van der Waals surface area contributed by atoms with Gasteiger partial charge in [-0.05, 0) is 116 Å². The fourth-order valence-electron chi connectivity index (χ4n) is 8.54. The average molecular weight is 1060 g/mol. The van der Waals surface area contributed by atoms with Gasteiger partial charge in [0.2, 0.25) is 22.1 Å². The van der Waals surface area contributed by atoms with Crippen LogP contribution in [0.3, 0.4) is 0 Å². The van der Waals surface area contributed by atoms with E-state index in [9.17, 15) is 47.7 Å². The first-order valence-electron chi connectivity index (χ1n) is 22.6. The van der Waals surface area contributed by atoms with E-state index in [1.54, 1.807) is 76.2 Å². The molecule has 15 nitrogen and oxygen atoms in total. The second-order valence-electron chi connectivity index (χ2n) is 17.2. The molecule has 392 valence electrons. The van der Waals surface area contributed by atoms with Gasteiger partial charge in [-0.2, -0.15) is 22.3 Å². The molecule has 0 spiro atoms. The van der Waals surface area contributed by atoms with Gasteiger partial charge in [0.15, 0.2) is 10.1 Å². The summed E-state index contributed by atoms with van der Waals surface area (Å²) in [7, 11) is -2.27. The lowest BCUT2D eigenvalue weighted by Gasteiger charge is -2.14. The minimum atomic E-state index is -6.09. The van der Waals surface area contributed by atoms with E-state index in [1.807, 2.05) is 102 Å². The predicted octanol–water partition coefficient (Wildman–Crippen LogP) is 10.5. The third-order valence-electron chi connectivity index (χ3n) is 12.0. The number of carboxylic acid groups (broad SMARTS) is 1. The zero-order valence-corrected chi connectivity index (χ0v) is 41.7. The van der Waals surface area contributed by atoms with Crippen molar-refractivity contribution in [3.8, 4) is 23.0 Å². The van der Waals surface area contributed by atoms with Crippen molar-refractivity contribution in [2.45, 2.75) is 47.2 Å². The Morgan fingerprint density at radius 1 is 0.539 bits per heavy atom. The number of aromatic nitrogens is 2. The van der Waals surface area contributed by atoms with Gasteiger partial charge in [-0.1, -0.05) is 62.0 Å². The Bertz CT molecular complexity index is 3840. The van der Waals surface area contributed by atoms with E-state index in [1.165, 1.54) is 12.1 Å². The Labute approximate surface area is 434 Å². The van der Waals surface area contributed by atoms with Crippen LogP contribution in [0.4, 0.5) is 13.2 Å². The first-order chi connectivity index (χ1) is 35.4. The smallest absolute Gasteiger partial charge is 0.485 e. The summed E-state index contributed by atoms with van der Waals surface area (Å²) in [5.41, 5.74) is 2.13. The van der Waals surface area contributed by atoms with Gasteiger partial charge in [-0.25, -0.2) is 27.6 Å². The number of alkyl halides is 3. The number of carbonyl (C=O) groups excluding carboxylic acids is 3. The number of aryl methyl sites for hydroxylation is 6. The molecule has 0 fully saturated rings. The van der Waals surface area contributed by atoms with E-state index >= 15 is 0 Å². The van der Waals surface area contributed by atoms with Crippen LogP contribution in [0.25, 0.3) is 43.6 Å². The van der Waals surface area contributed by atoms with Gasteiger partial charge < -0.3 is 34.1 Å². The van der Waals surface area contributed by atoms with Gasteiger partial charge in [-0.15, -0.1) is 0 Å². The van der Waals surface area contributed by atoms with Gasteiger partial charge in [-0.3, -0.25) is 0 Å². The summed E-state index contributed by atoms with van der Waals surface area (Å²) in [4.78, 5) is 51.0. The summed E-state index contributed by atoms with van der Waals surface area (Å²) in [6.45, 7) is 7.16. The van der Waals surface area contributed by atoms with Crippen molar-refractivity contribution in [1.29, 1.82) is 0 Å². The number of fused-ring (bicyclic) bond motifs is 4. The lowest BCUT2D eigenvalue weighted by molar-refractivity contribution is -0.617. The summed E-state index contributed by atoms with van der Waals surface area (Å²) in [5.74, 6) is -1.79. The molecule has 76 heavy (non-hydrogen) atoms. The quantitative estimate of drug-likeness (QED) is 0.0322.